The molecule has 0 aromatic carbocycles. The van der Waals surface area contributed by atoms with Gasteiger partial charge in [0.05, 0.1) is 16.8 Å². The van der Waals surface area contributed by atoms with E-state index in [1.54, 1.807) is 6.26 Å². The number of halogens is 1. The molecule has 0 amide bonds. The van der Waals surface area contributed by atoms with Gasteiger partial charge in [0.1, 0.15) is 11.6 Å². The molecule has 21 heavy (non-hydrogen) atoms. The molecule has 1 atom stereocenters. The van der Waals surface area contributed by atoms with Crippen LogP contribution in [-0.2, 0) is 0 Å². The fourth-order valence-electron chi connectivity index (χ4n) is 2.77. The van der Waals surface area contributed by atoms with Crippen molar-refractivity contribution in [2.45, 2.75) is 6.04 Å². The van der Waals surface area contributed by atoms with Gasteiger partial charge in [-0.3, -0.25) is 4.90 Å². The number of pyridine rings is 1. The molecule has 5 nitrogen and oxygen atoms in total. The molecule has 2 aromatic heterocycles. The second-order valence-corrected chi connectivity index (χ2v) is 5.95. The molecule has 6 heteroatoms. The maximum Gasteiger partial charge on any atom is 0.136 e. The highest BCUT2D eigenvalue weighted by atomic mass is 79.9. The lowest BCUT2D eigenvalue weighted by Gasteiger charge is -2.38. The van der Waals surface area contributed by atoms with Crippen LogP contribution in [0, 0.1) is 0 Å². The van der Waals surface area contributed by atoms with Crippen molar-refractivity contribution in [3.8, 4) is 0 Å². The third-order valence-corrected chi connectivity index (χ3v) is 4.55. The van der Waals surface area contributed by atoms with Crippen LogP contribution in [0.5, 0.6) is 0 Å². The van der Waals surface area contributed by atoms with E-state index < -0.39 is 0 Å². The van der Waals surface area contributed by atoms with Gasteiger partial charge in [0, 0.05) is 38.9 Å². The number of furan rings is 1. The predicted octanol–water partition coefficient (Wildman–Crippen LogP) is 2.26. The summed E-state index contributed by atoms with van der Waals surface area (Å²) >= 11 is 3.53. The van der Waals surface area contributed by atoms with Crippen LogP contribution in [0.1, 0.15) is 11.8 Å². The highest BCUT2D eigenvalue weighted by Gasteiger charge is 2.27. The molecule has 3 heterocycles. The summed E-state index contributed by atoms with van der Waals surface area (Å²) in [5.41, 5.74) is 5.96. The highest BCUT2D eigenvalue weighted by molar-refractivity contribution is 9.10. The average Bonchev–Trinajstić information content (AvgIpc) is 2.96. The predicted molar refractivity (Wildman–Crippen MR) is 86.2 cm³/mol. The van der Waals surface area contributed by atoms with Crippen molar-refractivity contribution in [2.75, 3.05) is 37.6 Å². The van der Waals surface area contributed by atoms with Crippen molar-refractivity contribution in [3.63, 3.8) is 0 Å². The minimum atomic E-state index is 0.125. The summed E-state index contributed by atoms with van der Waals surface area (Å²) in [6, 6.07) is 8.07. The summed E-state index contributed by atoms with van der Waals surface area (Å²) in [4.78, 5) is 9.10. The molecule has 1 aliphatic rings. The first kappa shape index (κ1) is 14.6. The Balaban J connectivity index is 1.66. The molecular formula is C15H19BrN4O. The van der Waals surface area contributed by atoms with Crippen molar-refractivity contribution >= 4 is 21.7 Å². The molecule has 1 unspecified atom stereocenters. The van der Waals surface area contributed by atoms with Crippen molar-refractivity contribution in [3.05, 3.63) is 47.0 Å². The Morgan fingerprint density at radius 3 is 2.62 bits per heavy atom. The second kappa shape index (κ2) is 6.60. The summed E-state index contributed by atoms with van der Waals surface area (Å²) in [5.74, 6) is 1.96. The van der Waals surface area contributed by atoms with Gasteiger partial charge in [0.2, 0.25) is 0 Å². The SMILES string of the molecule is NCC(c1occc1Br)N1CCN(c2ccccn2)CC1. The Morgan fingerprint density at radius 2 is 2.05 bits per heavy atom. The number of piperazine rings is 1. The van der Waals surface area contributed by atoms with Gasteiger partial charge in [-0.05, 0) is 34.1 Å². The zero-order chi connectivity index (χ0) is 14.7. The lowest BCUT2D eigenvalue weighted by Crippen LogP contribution is -2.49. The van der Waals surface area contributed by atoms with Gasteiger partial charge in [-0.25, -0.2) is 4.98 Å². The molecule has 0 saturated carbocycles. The van der Waals surface area contributed by atoms with Gasteiger partial charge in [0.25, 0.3) is 0 Å². The van der Waals surface area contributed by atoms with Crippen LogP contribution in [0.2, 0.25) is 0 Å². The minimum Gasteiger partial charge on any atom is -0.466 e. The van der Waals surface area contributed by atoms with Crippen LogP contribution in [-0.4, -0.2) is 42.6 Å². The first-order valence-corrected chi connectivity index (χ1v) is 7.92. The molecule has 112 valence electrons. The summed E-state index contributed by atoms with van der Waals surface area (Å²) < 4.78 is 6.58. The van der Waals surface area contributed by atoms with Gasteiger partial charge >= 0.3 is 0 Å². The number of nitrogens with two attached hydrogens (primary N) is 1. The van der Waals surface area contributed by atoms with Crippen molar-refractivity contribution in [2.24, 2.45) is 5.73 Å². The third-order valence-electron chi connectivity index (χ3n) is 3.90. The van der Waals surface area contributed by atoms with Crippen LogP contribution < -0.4 is 10.6 Å². The Hall–Kier alpha value is -1.37. The molecular weight excluding hydrogens is 332 g/mol. The second-order valence-electron chi connectivity index (χ2n) is 5.10. The number of hydrogen-bond donors (Lipinski definition) is 1. The molecule has 1 aliphatic heterocycles. The quantitative estimate of drug-likeness (QED) is 0.916. The lowest BCUT2D eigenvalue weighted by molar-refractivity contribution is 0.168. The number of anilines is 1. The maximum absolute atomic E-state index is 5.96. The number of hydrogen-bond acceptors (Lipinski definition) is 5. The minimum absolute atomic E-state index is 0.125. The first-order valence-electron chi connectivity index (χ1n) is 7.12. The topological polar surface area (TPSA) is 58.5 Å². The van der Waals surface area contributed by atoms with Crippen LogP contribution >= 0.6 is 15.9 Å². The molecule has 1 saturated heterocycles. The van der Waals surface area contributed by atoms with E-state index in [1.807, 2.05) is 24.4 Å². The van der Waals surface area contributed by atoms with Crippen LogP contribution in [0.15, 0.2) is 45.6 Å². The largest absolute Gasteiger partial charge is 0.466 e. The molecule has 0 radical (unpaired) electrons. The molecule has 2 aromatic rings. The molecule has 0 bridgehead atoms. The number of aromatic nitrogens is 1. The van der Waals surface area contributed by atoms with E-state index in [9.17, 15) is 0 Å². The van der Waals surface area contributed by atoms with E-state index in [2.05, 4.69) is 36.8 Å². The highest BCUT2D eigenvalue weighted by Crippen LogP contribution is 2.29. The average molecular weight is 351 g/mol. The molecule has 3 rings (SSSR count). The molecule has 2 N–H and O–H groups in total. The van der Waals surface area contributed by atoms with Gasteiger partial charge < -0.3 is 15.1 Å². The van der Waals surface area contributed by atoms with E-state index in [0.717, 1.165) is 42.2 Å². The van der Waals surface area contributed by atoms with Crippen LogP contribution in [0.3, 0.4) is 0 Å². The number of rotatable bonds is 4. The Kier molecular flexibility index (Phi) is 4.57. The van der Waals surface area contributed by atoms with Gasteiger partial charge in [0.15, 0.2) is 0 Å². The standard InChI is InChI=1S/C15H19BrN4O/c16-12-4-10-21-15(12)13(11-17)19-6-8-20(9-7-19)14-3-1-2-5-18-14/h1-5,10,13H,6-9,11,17H2. The Labute approximate surface area is 132 Å². The Morgan fingerprint density at radius 1 is 1.24 bits per heavy atom. The molecule has 0 spiro atoms. The van der Waals surface area contributed by atoms with Crippen LogP contribution in [0.4, 0.5) is 5.82 Å². The normalized spacial score (nSPS) is 17.9. The summed E-state index contributed by atoms with van der Waals surface area (Å²) in [6.45, 7) is 4.35. The van der Waals surface area contributed by atoms with Gasteiger partial charge in [-0.2, -0.15) is 0 Å². The van der Waals surface area contributed by atoms with Gasteiger partial charge in [-0.15, -0.1) is 0 Å². The number of nitrogens with zero attached hydrogens (tertiary/aromatic N) is 3. The smallest absolute Gasteiger partial charge is 0.136 e. The van der Waals surface area contributed by atoms with E-state index in [1.165, 1.54) is 0 Å². The van der Waals surface area contributed by atoms with E-state index in [-0.39, 0.29) is 6.04 Å². The summed E-state index contributed by atoms with van der Waals surface area (Å²) in [7, 11) is 0. The van der Waals surface area contributed by atoms with Crippen molar-refractivity contribution < 1.29 is 4.42 Å². The molecule has 1 fully saturated rings. The third kappa shape index (κ3) is 3.12. The fraction of sp³-hybridized carbons (Fsp3) is 0.400. The van der Waals surface area contributed by atoms with E-state index in [0.29, 0.717) is 6.54 Å². The zero-order valence-electron chi connectivity index (χ0n) is 11.8. The first-order chi connectivity index (χ1) is 10.3. The summed E-state index contributed by atoms with van der Waals surface area (Å²) in [5, 5.41) is 0. The van der Waals surface area contributed by atoms with E-state index in [4.69, 9.17) is 10.2 Å². The Bertz CT molecular complexity index is 566. The van der Waals surface area contributed by atoms with E-state index >= 15 is 0 Å². The fourth-order valence-corrected chi connectivity index (χ4v) is 3.23. The lowest BCUT2D eigenvalue weighted by atomic mass is 10.1. The maximum atomic E-state index is 5.96. The molecule has 0 aliphatic carbocycles. The van der Waals surface area contributed by atoms with Crippen molar-refractivity contribution in [1.29, 1.82) is 0 Å². The van der Waals surface area contributed by atoms with Crippen molar-refractivity contribution in [1.82, 2.24) is 9.88 Å². The zero-order valence-corrected chi connectivity index (χ0v) is 13.4. The van der Waals surface area contributed by atoms with Gasteiger partial charge in [-0.1, -0.05) is 6.07 Å². The van der Waals surface area contributed by atoms with Crippen LogP contribution in [0.25, 0.3) is 0 Å². The summed E-state index contributed by atoms with van der Waals surface area (Å²) in [6.07, 6.45) is 3.54. The monoisotopic (exact) mass is 350 g/mol.